The van der Waals surface area contributed by atoms with Crippen molar-refractivity contribution in [2.24, 2.45) is 0 Å². The van der Waals surface area contributed by atoms with Gasteiger partial charge in [-0.25, -0.2) is 14.8 Å². The van der Waals surface area contributed by atoms with Gasteiger partial charge in [0.05, 0.1) is 31.4 Å². The fourth-order valence-electron chi connectivity index (χ4n) is 3.41. The number of rotatable bonds is 4. The Morgan fingerprint density at radius 1 is 1.30 bits per heavy atom. The molecule has 1 aromatic heterocycles. The molecule has 0 fully saturated rings. The smallest absolute Gasteiger partial charge is 0.337 e. The van der Waals surface area contributed by atoms with Gasteiger partial charge >= 0.3 is 5.97 Å². The van der Waals surface area contributed by atoms with E-state index in [-0.39, 0.29) is 6.61 Å². The molecule has 1 atom stereocenters. The van der Waals surface area contributed by atoms with Crippen LogP contribution in [0, 0.1) is 0 Å². The van der Waals surface area contributed by atoms with Gasteiger partial charge in [0.25, 0.3) is 0 Å². The highest BCUT2D eigenvalue weighted by molar-refractivity contribution is 7.98. The normalized spacial score (nSPS) is 17.7. The summed E-state index contributed by atoms with van der Waals surface area (Å²) in [5.74, 6) is 1.20. The Kier molecular flexibility index (Phi) is 4.31. The minimum absolute atomic E-state index is 0.162. The lowest BCUT2D eigenvalue weighted by molar-refractivity contribution is -0.136. The average molecular weight is 386 g/mol. The number of cyclic esters (lactones) is 1. The Bertz CT molecular complexity index is 976. The molecule has 27 heavy (non-hydrogen) atoms. The van der Waals surface area contributed by atoms with Gasteiger partial charge in [-0.15, -0.1) is 0 Å². The van der Waals surface area contributed by atoms with Crippen molar-refractivity contribution in [3.63, 3.8) is 0 Å². The predicted octanol–water partition coefficient (Wildman–Crippen LogP) is 2.17. The summed E-state index contributed by atoms with van der Waals surface area (Å²) in [6.07, 6.45) is 1.87. The molecule has 0 saturated carbocycles. The highest BCUT2D eigenvalue weighted by Crippen LogP contribution is 2.48. The highest BCUT2D eigenvalue weighted by atomic mass is 32.2. The van der Waals surface area contributed by atoms with Crippen LogP contribution in [-0.4, -0.2) is 43.0 Å². The van der Waals surface area contributed by atoms with Gasteiger partial charge in [-0.2, -0.15) is 0 Å². The third kappa shape index (κ3) is 2.74. The van der Waals surface area contributed by atoms with Crippen molar-refractivity contribution in [2.45, 2.75) is 11.1 Å². The van der Waals surface area contributed by atoms with Crippen molar-refractivity contribution in [1.82, 2.24) is 9.97 Å². The van der Waals surface area contributed by atoms with Crippen LogP contribution in [0.4, 0.5) is 11.6 Å². The lowest BCUT2D eigenvalue weighted by Crippen LogP contribution is -2.23. The second kappa shape index (κ2) is 6.66. The van der Waals surface area contributed by atoms with Crippen LogP contribution >= 0.6 is 11.8 Å². The molecule has 9 heteroatoms. The van der Waals surface area contributed by atoms with Gasteiger partial charge in [0.1, 0.15) is 29.7 Å². The first-order valence-corrected chi connectivity index (χ1v) is 9.40. The number of methoxy groups -OCH3 is 2. The van der Waals surface area contributed by atoms with Crippen LogP contribution in [0.5, 0.6) is 11.5 Å². The monoisotopic (exact) mass is 386 g/mol. The van der Waals surface area contributed by atoms with E-state index < -0.39 is 11.9 Å². The fraction of sp³-hybridized carbons (Fsp3) is 0.278. The molecule has 3 heterocycles. The molecule has 4 rings (SSSR count). The molecule has 0 spiro atoms. The van der Waals surface area contributed by atoms with Crippen LogP contribution < -0.4 is 20.5 Å². The van der Waals surface area contributed by atoms with Crippen LogP contribution in [0.2, 0.25) is 0 Å². The van der Waals surface area contributed by atoms with E-state index in [9.17, 15) is 4.79 Å². The van der Waals surface area contributed by atoms with Crippen molar-refractivity contribution >= 4 is 29.4 Å². The number of nitrogen functional groups attached to an aromatic ring is 1. The molecule has 0 amide bonds. The zero-order valence-corrected chi connectivity index (χ0v) is 15.8. The van der Waals surface area contributed by atoms with E-state index in [1.165, 1.54) is 11.8 Å². The molecule has 1 unspecified atom stereocenters. The lowest BCUT2D eigenvalue weighted by Gasteiger charge is -2.28. The Morgan fingerprint density at radius 3 is 2.81 bits per heavy atom. The topological polar surface area (TPSA) is 109 Å². The van der Waals surface area contributed by atoms with Gasteiger partial charge in [-0.3, -0.25) is 0 Å². The second-order valence-corrected chi connectivity index (χ2v) is 6.77. The number of hydrogen-bond donors (Lipinski definition) is 2. The molecule has 0 aliphatic carbocycles. The minimum Gasteiger partial charge on any atom is -0.497 e. The maximum atomic E-state index is 12.5. The lowest BCUT2D eigenvalue weighted by atomic mass is 9.82. The van der Waals surface area contributed by atoms with Crippen LogP contribution in [0.25, 0.3) is 0 Å². The van der Waals surface area contributed by atoms with Crippen molar-refractivity contribution < 1.29 is 19.0 Å². The molecule has 140 valence electrons. The van der Waals surface area contributed by atoms with E-state index in [0.29, 0.717) is 45.1 Å². The number of nitrogens with zero attached hydrogens (tertiary/aromatic N) is 2. The van der Waals surface area contributed by atoms with Gasteiger partial charge in [0, 0.05) is 11.1 Å². The summed E-state index contributed by atoms with van der Waals surface area (Å²) in [5, 5.41) is 3.73. The summed E-state index contributed by atoms with van der Waals surface area (Å²) in [6, 6.07) is 5.42. The molecule has 2 aromatic rings. The van der Waals surface area contributed by atoms with Crippen molar-refractivity contribution in [3.8, 4) is 11.5 Å². The molecular formula is C18H18N4O4S. The Balaban J connectivity index is 2.00. The number of benzene rings is 1. The number of fused-ring (bicyclic) bond motifs is 1. The second-order valence-electron chi connectivity index (χ2n) is 5.99. The van der Waals surface area contributed by atoms with E-state index in [0.717, 1.165) is 5.56 Å². The van der Waals surface area contributed by atoms with E-state index in [1.54, 1.807) is 26.4 Å². The Morgan fingerprint density at radius 2 is 2.11 bits per heavy atom. The molecular weight excluding hydrogens is 368 g/mol. The summed E-state index contributed by atoms with van der Waals surface area (Å²) >= 11 is 1.39. The number of anilines is 2. The van der Waals surface area contributed by atoms with E-state index >= 15 is 0 Å². The first-order valence-electron chi connectivity index (χ1n) is 8.17. The Labute approximate surface area is 160 Å². The number of ether oxygens (including phenoxy) is 3. The number of carbonyl (C=O) groups is 1. The molecule has 1 aromatic carbocycles. The first-order chi connectivity index (χ1) is 13.1. The number of esters is 1. The third-order valence-corrected chi connectivity index (χ3v) is 5.17. The average Bonchev–Trinajstić information content (AvgIpc) is 3.06. The third-order valence-electron chi connectivity index (χ3n) is 4.62. The quantitative estimate of drug-likeness (QED) is 0.464. The predicted molar refractivity (Wildman–Crippen MR) is 101 cm³/mol. The molecule has 2 aliphatic heterocycles. The number of nitrogens with two attached hydrogens (primary N) is 1. The van der Waals surface area contributed by atoms with E-state index in [1.807, 2.05) is 12.3 Å². The highest BCUT2D eigenvalue weighted by Gasteiger charge is 2.42. The van der Waals surface area contributed by atoms with Gasteiger partial charge in [-0.05, 0) is 24.5 Å². The number of nitrogens with one attached hydrogen (secondary N) is 1. The summed E-state index contributed by atoms with van der Waals surface area (Å²) in [4.78, 5) is 21.4. The van der Waals surface area contributed by atoms with Gasteiger partial charge in [0.15, 0.2) is 5.16 Å². The standard InChI is InChI=1S/C18H18N4O4S/c1-24-8-4-5-11(25-2)9(6-8)12-13-10(7-26-17(13)23)20-16-14(12)15(19)21-18(22-16)27-3/h4-6,12H,7H2,1-3H3,(H3,19,20,21,22). The minimum atomic E-state index is -0.521. The summed E-state index contributed by atoms with van der Waals surface area (Å²) in [6.45, 7) is 0.162. The molecule has 0 radical (unpaired) electrons. The number of aromatic nitrogens is 2. The van der Waals surface area contributed by atoms with Gasteiger partial charge in [0.2, 0.25) is 0 Å². The SMILES string of the molecule is COc1ccc(OC)c(C2C3=C(COC3=O)Nc3nc(SC)nc(N)c32)c1. The zero-order chi connectivity index (χ0) is 19.1. The maximum Gasteiger partial charge on any atom is 0.337 e. The molecule has 8 nitrogen and oxygen atoms in total. The number of hydrogen-bond acceptors (Lipinski definition) is 9. The van der Waals surface area contributed by atoms with Crippen LogP contribution in [0.3, 0.4) is 0 Å². The van der Waals surface area contributed by atoms with Crippen LogP contribution in [-0.2, 0) is 9.53 Å². The van der Waals surface area contributed by atoms with Crippen molar-refractivity contribution in [2.75, 3.05) is 38.1 Å². The van der Waals surface area contributed by atoms with E-state index in [2.05, 4.69) is 15.3 Å². The molecule has 3 N–H and O–H groups in total. The molecule has 0 bridgehead atoms. The van der Waals surface area contributed by atoms with Crippen LogP contribution in [0.1, 0.15) is 17.0 Å². The number of thioether (sulfide) groups is 1. The number of carbonyl (C=O) groups excluding carboxylic acids is 1. The zero-order valence-electron chi connectivity index (χ0n) is 15.0. The van der Waals surface area contributed by atoms with Gasteiger partial charge < -0.3 is 25.3 Å². The fourth-order valence-corrected chi connectivity index (χ4v) is 3.78. The summed E-state index contributed by atoms with van der Waals surface area (Å²) in [5.41, 5.74) is 8.80. The van der Waals surface area contributed by atoms with E-state index in [4.69, 9.17) is 19.9 Å². The van der Waals surface area contributed by atoms with Crippen LogP contribution in [0.15, 0.2) is 34.6 Å². The summed E-state index contributed by atoms with van der Waals surface area (Å²) < 4.78 is 16.2. The molecule has 2 aliphatic rings. The van der Waals surface area contributed by atoms with Gasteiger partial charge in [-0.1, -0.05) is 11.8 Å². The Hall–Kier alpha value is -2.94. The molecule has 0 saturated heterocycles. The van der Waals surface area contributed by atoms with Crippen molar-refractivity contribution in [1.29, 1.82) is 0 Å². The van der Waals surface area contributed by atoms with Crippen molar-refractivity contribution in [3.05, 3.63) is 40.6 Å². The largest absolute Gasteiger partial charge is 0.497 e. The maximum absolute atomic E-state index is 12.5. The first kappa shape index (κ1) is 17.5. The summed E-state index contributed by atoms with van der Waals surface area (Å²) in [7, 11) is 3.16.